The average molecular weight is 270 g/mol. The van der Waals surface area contributed by atoms with Gasteiger partial charge in [0.05, 0.1) is 10.6 Å². The number of carbonyl (C=O) groups is 1. The molecular weight excluding hydrogens is 264 g/mol. The molecule has 0 unspecified atom stereocenters. The van der Waals surface area contributed by atoms with Crippen molar-refractivity contribution in [3.05, 3.63) is 52.9 Å². The van der Waals surface area contributed by atoms with E-state index in [0.717, 1.165) is 12.3 Å². The standard InChI is InChI=1S/C11H6ClF2N3O/c12-7-2-1-4-16-10(7)17-11(18)6-3-5-15-9(14)8(6)13/h1-5H,(H,16,17,18). The maximum atomic E-state index is 13.3. The van der Waals surface area contributed by atoms with Crippen molar-refractivity contribution in [1.82, 2.24) is 9.97 Å². The summed E-state index contributed by atoms with van der Waals surface area (Å²) in [5.74, 6) is -3.44. The molecule has 0 saturated carbocycles. The van der Waals surface area contributed by atoms with Crippen LogP contribution in [0.25, 0.3) is 0 Å². The van der Waals surface area contributed by atoms with Crippen LogP contribution in [-0.4, -0.2) is 15.9 Å². The molecule has 0 radical (unpaired) electrons. The van der Waals surface area contributed by atoms with Gasteiger partial charge in [0.2, 0.25) is 5.95 Å². The fourth-order valence-corrected chi connectivity index (χ4v) is 1.41. The topological polar surface area (TPSA) is 54.9 Å². The Morgan fingerprint density at radius 1 is 1.22 bits per heavy atom. The van der Waals surface area contributed by atoms with Crippen molar-refractivity contribution in [2.45, 2.75) is 0 Å². The monoisotopic (exact) mass is 269 g/mol. The van der Waals surface area contributed by atoms with Gasteiger partial charge in [-0.1, -0.05) is 11.6 Å². The molecule has 4 nitrogen and oxygen atoms in total. The molecule has 0 atom stereocenters. The van der Waals surface area contributed by atoms with Crippen molar-refractivity contribution in [3.8, 4) is 0 Å². The highest BCUT2D eigenvalue weighted by molar-refractivity contribution is 6.33. The summed E-state index contributed by atoms with van der Waals surface area (Å²) in [5, 5.41) is 2.47. The van der Waals surface area contributed by atoms with Crippen LogP contribution in [0.15, 0.2) is 30.6 Å². The van der Waals surface area contributed by atoms with Crippen LogP contribution < -0.4 is 5.32 Å². The summed E-state index contributed by atoms with van der Waals surface area (Å²) in [5.41, 5.74) is -0.468. The second-order valence-corrected chi connectivity index (χ2v) is 3.66. The summed E-state index contributed by atoms with van der Waals surface area (Å²) in [6.07, 6.45) is 2.40. The molecule has 0 bridgehead atoms. The number of hydrogen-bond donors (Lipinski definition) is 1. The smallest absolute Gasteiger partial charge is 0.260 e. The molecule has 2 rings (SSSR count). The van der Waals surface area contributed by atoms with Crippen molar-refractivity contribution in [1.29, 1.82) is 0 Å². The van der Waals surface area contributed by atoms with E-state index in [1.807, 2.05) is 0 Å². The summed E-state index contributed by atoms with van der Waals surface area (Å²) in [7, 11) is 0. The van der Waals surface area contributed by atoms with E-state index >= 15 is 0 Å². The Hall–Kier alpha value is -2.08. The van der Waals surface area contributed by atoms with E-state index in [1.54, 1.807) is 6.07 Å². The lowest BCUT2D eigenvalue weighted by atomic mass is 10.2. The number of pyridine rings is 2. The summed E-state index contributed by atoms with van der Waals surface area (Å²) in [6.45, 7) is 0. The van der Waals surface area contributed by atoms with Crippen molar-refractivity contribution in [3.63, 3.8) is 0 Å². The molecule has 1 N–H and O–H groups in total. The summed E-state index contributed by atoms with van der Waals surface area (Å²) in [4.78, 5) is 18.6. The molecule has 0 saturated heterocycles. The molecule has 0 aliphatic heterocycles. The highest BCUT2D eigenvalue weighted by atomic mass is 35.5. The predicted molar refractivity (Wildman–Crippen MR) is 61.4 cm³/mol. The van der Waals surface area contributed by atoms with Crippen molar-refractivity contribution >= 4 is 23.3 Å². The summed E-state index contributed by atoms with van der Waals surface area (Å²) < 4.78 is 26.2. The Balaban J connectivity index is 2.28. The van der Waals surface area contributed by atoms with Gasteiger partial charge in [-0.05, 0) is 18.2 Å². The first-order valence-electron chi connectivity index (χ1n) is 4.81. The third kappa shape index (κ3) is 2.43. The Bertz CT molecular complexity index is 607. The molecule has 2 aromatic rings. The van der Waals surface area contributed by atoms with Crippen LogP contribution in [0.2, 0.25) is 5.02 Å². The van der Waals surface area contributed by atoms with E-state index in [2.05, 4.69) is 15.3 Å². The molecular formula is C11H6ClF2N3O. The Morgan fingerprint density at radius 2 is 2.00 bits per heavy atom. The first-order chi connectivity index (χ1) is 8.59. The molecule has 1 amide bonds. The molecule has 92 valence electrons. The molecule has 0 spiro atoms. The summed E-state index contributed by atoms with van der Waals surface area (Å²) >= 11 is 5.77. The number of nitrogens with zero attached hydrogens (tertiary/aromatic N) is 2. The molecule has 0 aromatic carbocycles. The highest BCUT2D eigenvalue weighted by Crippen LogP contribution is 2.19. The zero-order valence-corrected chi connectivity index (χ0v) is 9.58. The third-order valence-corrected chi connectivity index (χ3v) is 2.39. The number of halogens is 3. The zero-order chi connectivity index (χ0) is 13.1. The minimum absolute atomic E-state index is 0.0702. The molecule has 0 aliphatic carbocycles. The van der Waals surface area contributed by atoms with Gasteiger partial charge in [0, 0.05) is 12.4 Å². The van der Waals surface area contributed by atoms with Gasteiger partial charge in [-0.25, -0.2) is 14.4 Å². The second kappa shape index (κ2) is 5.05. The van der Waals surface area contributed by atoms with Crippen molar-refractivity contribution < 1.29 is 13.6 Å². The molecule has 7 heteroatoms. The maximum absolute atomic E-state index is 13.3. The van der Waals surface area contributed by atoms with Crippen LogP contribution >= 0.6 is 11.6 Å². The number of rotatable bonds is 2. The van der Waals surface area contributed by atoms with Crippen LogP contribution in [0.5, 0.6) is 0 Å². The minimum Gasteiger partial charge on any atom is -0.305 e. The third-order valence-electron chi connectivity index (χ3n) is 2.08. The fraction of sp³-hybridized carbons (Fsp3) is 0. The van der Waals surface area contributed by atoms with Crippen molar-refractivity contribution in [2.75, 3.05) is 5.32 Å². The van der Waals surface area contributed by atoms with E-state index < -0.39 is 23.2 Å². The normalized spacial score (nSPS) is 10.2. The maximum Gasteiger partial charge on any atom is 0.260 e. The quantitative estimate of drug-likeness (QED) is 0.853. The lowest BCUT2D eigenvalue weighted by molar-refractivity contribution is 0.102. The minimum atomic E-state index is -1.34. The lowest BCUT2D eigenvalue weighted by Crippen LogP contribution is -2.16. The lowest BCUT2D eigenvalue weighted by Gasteiger charge is -2.06. The van der Waals surface area contributed by atoms with Crippen LogP contribution in [0, 0.1) is 11.8 Å². The molecule has 2 aromatic heterocycles. The first-order valence-corrected chi connectivity index (χ1v) is 5.19. The first kappa shape index (κ1) is 12.4. The number of hydrogen-bond acceptors (Lipinski definition) is 3. The van der Waals surface area contributed by atoms with Gasteiger partial charge < -0.3 is 5.32 Å². The molecule has 2 heterocycles. The SMILES string of the molecule is O=C(Nc1ncccc1Cl)c1ccnc(F)c1F. The average Bonchev–Trinajstić information content (AvgIpc) is 2.35. The van der Waals surface area contributed by atoms with Gasteiger partial charge in [0.15, 0.2) is 11.6 Å². The van der Waals surface area contributed by atoms with Crippen LogP contribution in [0.1, 0.15) is 10.4 Å². The summed E-state index contributed by atoms with van der Waals surface area (Å²) in [6, 6.07) is 4.14. The van der Waals surface area contributed by atoms with Gasteiger partial charge in [0.25, 0.3) is 5.91 Å². The Kier molecular flexibility index (Phi) is 3.47. The highest BCUT2D eigenvalue weighted by Gasteiger charge is 2.17. The van der Waals surface area contributed by atoms with E-state index in [1.165, 1.54) is 12.3 Å². The van der Waals surface area contributed by atoms with Gasteiger partial charge in [-0.15, -0.1) is 0 Å². The number of nitrogens with one attached hydrogen (secondary N) is 1. The van der Waals surface area contributed by atoms with Crippen LogP contribution in [-0.2, 0) is 0 Å². The number of anilines is 1. The van der Waals surface area contributed by atoms with Crippen molar-refractivity contribution in [2.24, 2.45) is 0 Å². The Morgan fingerprint density at radius 3 is 2.72 bits per heavy atom. The largest absolute Gasteiger partial charge is 0.305 e. The van der Waals surface area contributed by atoms with Crippen LogP contribution in [0.3, 0.4) is 0 Å². The fourth-order valence-electron chi connectivity index (χ4n) is 1.25. The van der Waals surface area contributed by atoms with E-state index in [0.29, 0.717) is 0 Å². The molecule has 0 aliphatic rings. The van der Waals surface area contributed by atoms with Gasteiger partial charge in [0.1, 0.15) is 0 Å². The van der Waals surface area contributed by atoms with Gasteiger partial charge >= 0.3 is 0 Å². The molecule has 18 heavy (non-hydrogen) atoms. The predicted octanol–water partition coefficient (Wildman–Crippen LogP) is 2.66. The van der Waals surface area contributed by atoms with E-state index in [4.69, 9.17) is 11.6 Å². The van der Waals surface area contributed by atoms with E-state index in [-0.39, 0.29) is 10.8 Å². The van der Waals surface area contributed by atoms with Gasteiger partial charge in [-0.2, -0.15) is 4.39 Å². The van der Waals surface area contributed by atoms with E-state index in [9.17, 15) is 13.6 Å². The number of carbonyl (C=O) groups excluding carboxylic acids is 1. The second-order valence-electron chi connectivity index (χ2n) is 3.25. The van der Waals surface area contributed by atoms with Gasteiger partial charge in [-0.3, -0.25) is 4.79 Å². The zero-order valence-electron chi connectivity index (χ0n) is 8.82. The Labute approximate surface area is 106 Å². The molecule has 0 fully saturated rings. The van der Waals surface area contributed by atoms with Crippen LogP contribution in [0.4, 0.5) is 14.6 Å². The number of aromatic nitrogens is 2. The number of amides is 1.